The number of halogens is 1. The summed E-state index contributed by atoms with van der Waals surface area (Å²) in [6.07, 6.45) is 9.31. The molecular weight excluding hydrogens is 408 g/mol. The minimum atomic E-state index is 0.304. The molecule has 158 valence electrons. The smallest absolute Gasteiger partial charge is 0.126 e. The molecule has 0 unspecified atom stereocenters. The molecule has 0 atom stereocenters. The van der Waals surface area contributed by atoms with Gasteiger partial charge in [0.05, 0.1) is 16.7 Å². The molecule has 7 heteroatoms. The van der Waals surface area contributed by atoms with Crippen molar-refractivity contribution in [3.63, 3.8) is 0 Å². The second-order valence-electron chi connectivity index (χ2n) is 7.93. The average molecular weight is 433 g/mol. The van der Waals surface area contributed by atoms with Gasteiger partial charge in [-0.05, 0) is 73.2 Å². The van der Waals surface area contributed by atoms with E-state index in [1.807, 2.05) is 36.4 Å². The predicted octanol–water partition coefficient (Wildman–Crippen LogP) is 4.96. The lowest BCUT2D eigenvalue weighted by molar-refractivity contribution is 0.410. The summed E-state index contributed by atoms with van der Waals surface area (Å²) in [6, 6.07) is 14.5. The summed E-state index contributed by atoms with van der Waals surface area (Å²) in [4.78, 5) is 8.50. The van der Waals surface area contributed by atoms with Crippen molar-refractivity contribution < 1.29 is 0 Å². The molecule has 1 aliphatic carbocycles. The van der Waals surface area contributed by atoms with Gasteiger partial charge < -0.3 is 16.4 Å². The Morgan fingerprint density at radius 1 is 1.10 bits per heavy atom. The molecule has 4 N–H and O–H groups in total. The van der Waals surface area contributed by atoms with Gasteiger partial charge in [-0.1, -0.05) is 11.6 Å². The van der Waals surface area contributed by atoms with Gasteiger partial charge >= 0.3 is 0 Å². The van der Waals surface area contributed by atoms with Crippen LogP contribution in [0.15, 0.2) is 55.0 Å². The highest BCUT2D eigenvalue weighted by Crippen LogP contribution is 2.33. The zero-order valence-corrected chi connectivity index (χ0v) is 17.9. The Morgan fingerprint density at radius 2 is 1.87 bits per heavy atom. The molecule has 1 aromatic carbocycles. The van der Waals surface area contributed by atoms with E-state index in [0.717, 1.165) is 53.9 Å². The molecule has 6 nitrogen and oxygen atoms in total. The van der Waals surface area contributed by atoms with Crippen molar-refractivity contribution in [3.8, 4) is 17.2 Å². The van der Waals surface area contributed by atoms with Gasteiger partial charge in [0, 0.05) is 48.5 Å². The Labute approximate surface area is 187 Å². The number of benzene rings is 1. The third-order valence-electron chi connectivity index (χ3n) is 5.60. The van der Waals surface area contributed by atoms with E-state index < -0.39 is 0 Å². The molecule has 3 aromatic rings. The van der Waals surface area contributed by atoms with E-state index >= 15 is 0 Å². The Balaban J connectivity index is 1.57. The molecule has 2 heterocycles. The van der Waals surface area contributed by atoms with Crippen LogP contribution in [0, 0.1) is 11.3 Å². The number of hydrogen-bond acceptors (Lipinski definition) is 6. The van der Waals surface area contributed by atoms with Crippen molar-refractivity contribution >= 4 is 23.1 Å². The lowest BCUT2D eigenvalue weighted by atomic mass is 9.92. The number of nitrogens with one attached hydrogen (secondary N) is 2. The third kappa shape index (κ3) is 5.52. The fourth-order valence-electron chi connectivity index (χ4n) is 3.87. The van der Waals surface area contributed by atoms with Crippen LogP contribution in [0.3, 0.4) is 0 Å². The van der Waals surface area contributed by atoms with E-state index in [1.54, 1.807) is 18.6 Å². The highest BCUT2D eigenvalue weighted by atomic mass is 35.5. The molecule has 31 heavy (non-hydrogen) atoms. The summed E-state index contributed by atoms with van der Waals surface area (Å²) in [6.45, 7) is 0.636. The summed E-state index contributed by atoms with van der Waals surface area (Å²) in [5, 5.41) is 17.0. The van der Waals surface area contributed by atoms with E-state index in [1.165, 1.54) is 0 Å². The third-order valence-corrected chi connectivity index (χ3v) is 5.90. The maximum Gasteiger partial charge on any atom is 0.126 e. The number of anilines is 2. The Bertz CT molecular complexity index is 1070. The van der Waals surface area contributed by atoms with Crippen LogP contribution in [0.5, 0.6) is 0 Å². The molecule has 0 radical (unpaired) electrons. The zero-order chi connectivity index (χ0) is 21.6. The number of nitrogens with two attached hydrogens (primary N) is 1. The highest BCUT2D eigenvalue weighted by Gasteiger charge is 2.19. The van der Waals surface area contributed by atoms with Gasteiger partial charge in [0.2, 0.25) is 0 Å². The Hall–Kier alpha value is -3.14. The highest BCUT2D eigenvalue weighted by molar-refractivity contribution is 6.33. The van der Waals surface area contributed by atoms with Gasteiger partial charge in [0.15, 0.2) is 0 Å². The largest absolute Gasteiger partial charge is 0.381 e. The van der Waals surface area contributed by atoms with E-state index in [-0.39, 0.29) is 0 Å². The van der Waals surface area contributed by atoms with Gasteiger partial charge in [0.25, 0.3) is 0 Å². The maximum absolute atomic E-state index is 9.53. The first-order chi connectivity index (χ1) is 15.1. The molecule has 0 aliphatic heterocycles. The maximum atomic E-state index is 9.53. The standard InChI is InChI=1S/C24H25ClN6/c25-23-15-30-24(31-20-3-1-19(27)2-4-20)12-22(23)18-9-17(13-26)10-21(11-18)29-14-16-5-7-28-8-6-16/h5-12,15,19-20,29H,1-4,14,27H2,(H,30,31). The number of pyridine rings is 2. The van der Waals surface area contributed by atoms with E-state index in [0.29, 0.717) is 29.2 Å². The summed E-state index contributed by atoms with van der Waals surface area (Å²) >= 11 is 6.50. The molecular formula is C24H25ClN6. The van der Waals surface area contributed by atoms with E-state index in [4.69, 9.17) is 17.3 Å². The number of hydrogen-bond donors (Lipinski definition) is 3. The fourth-order valence-corrected chi connectivity index (χ4v) is 4.08. The quantitative estimate of drug-likeness (QED) is 0.509. The molecule has 0 bridgehead atoms. The summed E-state index contributed by atoms with van der Waals surface area (Å²) in [5.41, 5.74) is 10.3. The van der Waals surface area contributed by atoms with Crippen molar-refractivity contribution in [2.45, 2.75) is 44.3 Å². The molecule has 0 saturated heterocycles. The van der Waals surface area contributed by atoms with Crippen molar-refractivity contribution in [1.29, 1.82) is 5.26 Å². The van der Waals surface area contributed by atoms with Crippen LogP contribution >= 0.6 is 11.6 Å². The Morgan fingerprint density at radius 3 is 2.61 bits per heavy atom. The van der Waals surface area contributed by atoms with Crippen molar-refractivity contribution in [3.05, 3.63) is 71.1 Å². The van der Waals surface area contributed by atoms with Crippen LogP contribution in [-0.2, 0) is 6.54 Å². The topological polar surface area (TPSA) is 99.7 Å². The SMILES string of the molecule is N#Cc1cc(NCc2ccncc2)cc(-c2cc(NC3CCC(N)CC3)ncc2Cl)c1. The lowest BCUT2D eigenvalue weighted by Gasteiger charge is -2.27. The first-order valence-corrected chi connectivity index (χ1v) is 10.8. The molecule has 2 aromatic heterocycles. The van der Waals surface area contributed by atoms with E-state index in [9.17, 15) is 5.26 Å². The zero-order valence-electron chi connectivity index (χ0n) is 17.2. The van der Waals surface area contributed by atoms with Gasteiger partial charge in [-0.25, -0.2) is 4.98 Å². The van der Waals surface area contributed by atoms with Crippen molar-refractivity contribution in [1.82, 2.24) is 9.97 Å². The van der Waals surface area contributed by atoms with Crippen LogP contribution < -0.4 is 16.4 Å². The van der Waals surface area contributed by atoms with Crippen molar-refractivity contribution in [2.75, 3.05) is 10.6 Å². The normalized spacial score (nSPS) is 18.2. The van der Waals surface area contributed by atoms with Crippen LogP contribution in [0.1, 0.15) is 36.8 Å². The summed E-state index contributed by atoms with van der Waals surface area (Å²) in [5.74, 6) is 0.786. The average Bonchev–Trinajstić information content (AvgIpc) is 2.81. The fraction of sp³-hybridized carbons (Fsp3) is 0.292. The molecule has 1 saturated carbocycles. The van der Waals surface area contributed by atoms with E-state index in [2.05, 4.69) is 26.7 Å². The summed E-state index contributed by atoms with van der Waals surface area (Å²) in [7, 11) is 0. The monoisotopic (exact) mass is 432 g/mol. The molecule has 0 amide bonds. The predicted molar refractivity (Wildman–Crippen MR) is 125 cm³/mol. The van der Waals surface area contributed by atoms with Crippen LogP contribution in [0.2, 0.25) is 5.02 Å². The molecule has 0 spiro atoms. The summed E-state index contributed by atoms with van der Waals surface area (Å²) < 4.78 is 0. The van der Waals surface area contributed by atoms with Crippen molar-refractivity contribution in [2.24, 2.45) is 5.73 Å². The minimum absolute atomic E-state index is 0.304. The van der Waals surface area contributed by atoms with Crippen LogP contribution in [0.25, 0.3) is 11.1 Å². The first-order valence-electron chi connectivity index (χ1n) is 10.5. The number of nitrogens with zero attached hydrogens (tertiary/aromatic N) is 3. The first kappa shape index (κ1) is 21.1. The van der Waals surface area contributed by atoms with Gasteiger partial charge in [-0.3, -0.25) is 4.98 Å². The van der Waals surface area contributed by atoms with Gasteiger partial charge in [-0.2, -0.15) is 5.26 Å². The van der Waals surface area contributed by atoms with Gasteiger partial charge in [-0.15, -0.1) is 0 Å². The van der Waals surface area contributed by atoms with Gasteiger partial charge in [0.1, 0.15) is 5.82 Å². The molecule has 1 fully saturated rings. The number of aromatic nitrogens is 2. The second kappa shape index (κ2) is 9.78. The lowest BCUT2D eigenvalue weighted by Crippen LogP contribution is -2.33. The van der Waals surface area contributed by atoms with Crippen LogP contribution in [-0.4, -0.2) is 22.1 Å². The Kier molecular flexibility index (Phi) is 6.66. The minimum Gasteiger partial charge on any atom is -0.381 e. The number of rotatable bonds is 6. The number of nitriles is 1. The second-order valence-corrected chi connectivity index (χ2v) is 8.33. The molecule has 4 rings (SSSR count). The van der Waals surface area contributed by atoms with Crippen LogP contribution in [0.4, 0.5) is 11.5 Å². The molecule has 1 aliphatic rings.